The summed E-state index contributed by atoms with van der Waals surface area (Å²) in [6.07, 6.45) is 2.53. The summed E-state index contributed by atoms with van der Waals surface area (Å²) in [5.41, 5.74) is 0.448. The van der Waals surface area contributed by atoms with E-state index in [1.807, 2.05) is 0 Å². The molecule has 0 heterocycles. The van der Waals surface area contributed by atoms with Crippen LogP contribution in [0.25, 0.3) is 4.85 Å². The molecule has 0 radical (unpaired) electrons. The van der Waals surface area contributed by atoms with Crippen molar-refractivity contribution < 1.29 is 8.78 Å². The number of hydrogen-bond donors (Lipinski definition) is 0. The molecule has 1 atom stereocenters. The van der Waals surface area contributed by atoms with Crippen LogP contribution in [0, 0.1) is 24.1 Å². The summed E-state index contributed by atoms with van der Waals surface area (Å²) in [5, 5.41) is 0. The minimum Gasteiger partial charge on any atom is -0.313 e. The van der Waals surface area contributed by atoms with E-state index in [1.54, 1.807) is 0 Å². The molecule has 1 saturated carbocycles. The van der Waals surface area contributed by atoms with Crippen LogP contribution in [0.4, 0.5) is 8.78 Å². The van der Waals surface area contributed by atoms with Crippen molar-refractivity contribution in [1.82, 2.24) is 0 Å². The summed E-state index contributed by atoms with van der Waals surface area (Å²) in [6, 6.07) is 3.42. The molecule has 0 bridgehead atoms. The Balaban J connectivity index is 2.12. The lowest BCUT2D eigenvalue weighted by atomic mass is 10.0. The van der Waals surface area contributed by atoms with Gasteiger partial charge < -0.3 is 4.85 Å². The average Bonchev–Trinajstić information content (AvgIpc) is 3.00. The molecule has 0 N–H and O–H groups in total. The van der Waals surface area contributed by atoms with E-state index in [4.69, 9.17) is 6.57 Å². The van der Waals surface area contributed by atoms with Gasteiger partial charge in [0.1, 0.15) is 11.6 Å². The van der Waals surface area contributed by atoms with E-state index in [0.29, 0.717) is 17.9 Å². The molecule has 3 heteroatoms. The van der Waals surface area contributed by atoms with Gasteiger partial charge in [0.2, 0.25) is 6.04 Å². The Hall–Kier alpha value is -1.43. The molecule has 1 fully saturated rings. The summed E-state index contributed by atoms with van der Waals surface area (Å²) < 4.78 is 25.9. The Morgan fingerprint density at radius 2 is 2.13 bits per heavy atom. The van der Waals surface area contributed by atoms with Crippen molar-refractivity contribution in [3.05, 3.63) is 46.8 Å². The minimum atomic E-state index is -0.568. The van der Waals surface area contributed by atoms with Crippen LogP contribution < -0.4 is 0 Å². The van der Waals surface area contributed by atoms with E-state index in [1.165, 1.54) is 12.1 Å². The van der Waals surface area contributed by atoms with Crippen LogP contribution in [0.5, 0.6) is 0 Å². The zero-order chi connectivity index (χ0) is 10.8. The fraction of sp³-hybridized carbons (Fsp3) is 0.417. The third-order valence-corrected chi connectivity index (χ3v) is 2.78. The van der Waals surface area contributed by atoms with E-state index < -0.39 is 11.6 Å². The first kappa shape index (κ1) is 10.1. The van der Waals surface area contributed by atoms with Crippen LogP contribution >= 0.6 is 0 Å². The van der Waals surface area contributed by atoms with E-state index in [2.05, 4.69) is 4.85 Å². The first-order chi connectivity index (χ1) is 7.20. The van der Waals surface area contributed by atoms with Crippen molar-refractivity contribution in [2.24, 2.45) is 5.92 Å². The Morgan fingerprint density at radius 3 is 2.67 bits per heavy atom. The second kappa shape index (κ2) is 3.98. The van der Waals surface area contributed by atoms with Gasteiger partial charge in [0.05, 0.1) is 6.42 Å². The minimum absolute atomic E-state index is 0.134. The highest BCUT2D eigenvalue weighted by Gasteiger charge is 2.36. The number of benzene rings is 1. The Bertz CT molecular complexity index is 405. The van der Waals surface area contributed by atoms with Gasteiger partial charge >= 0.3 is 0 Å². The predicted molar refractivity (Wildman–Crippen MR) is 53.2 cm³/mol. The second-order valence-corrected chi connectivity index (χ2v) is 3.97. The van der Waals surface area contributed by atoms with Gasteiger partial charge in [0.15, 0.2) is 0 Å². The summed E-state index contributed by atoms with van der Waals surface area (Å²) in [4.78, 5) is 3.50. The average molecular weight is 207 g/mol. The van der Waals surface area contributed by atoms with Crippen molar-refractivity contribution in [3.8, 4) is 0 Å². The lowest BCUT2D eigenvalue weighted by molar-refractivity contribution is 0.560. The van der Waals surface area contributed by atoms with Gasteiger partial charge in [-0.1, -0.05) is 6.07 Å². The fourth-order valence-electron chi connectivity index (χ4n) is 1.71. The molecule has 1 aromatic carbocycles. The third kappa shape index (κ3) is 2.33. The highest BCUT2D eigenvalue weighted by molar-refractivity contribution is 5.21. The SMILES string of the molecule is [C-]#[N+]C(Cc1ccc(F)cc1F)C1CC1. The number of halogens is 2. The zero-order valence-corrected chi connectivity index (χ0v) is 8.21. The molecule has 1 aliphatic rings. The number of rotatable bonds is 3. The predicted octanol–water partition coefficient (Wildman–Crippen LogP) is 3.21. The maximum atomic E-state index is 13.3. The Kier molecular flexibility index (Phi) is 2.68. The maximum absolute atomic E-state index is 13.3. The molecule has 1 aromatic rings. The number of nitrogens with zero attached hydrogens (tertiary/aromatic N) is 1. The van der Waals surface area contributed by atoms with Gasteiger partial charge in [0, 0.05) is 12.0 Å². The molecule has 15 heavy (non-hydrogen) atoms. The quantitative estimate of drug-likeness (QED) is 0.670. The first-order valence-corrected chi connectivity index (χ1v) is 5.01. The van der Waals surface area contributed by atoms with Crippen molar-refractivity contribution in [2.75, 3.05) is 0 Å². The van der Waals surface area contributed by atoms with Gasteiger partial charge in [-0.15, -0.1) is 0 Å². The topological polar surface area (TPSA) is 4.36 Å². The molecule has 1 aliphatic carbocycles. The van der Waals surface area contributed by atoms with Crippen LogP contribution in [0.1, 0.15) is 18.4 Å². The summed E-state index contributed by atoms with van der Waals surface area (Å²) in [5.74, 6) is -0.682. The molecule has 1 nitrogen and oxygen atoms in total. The van der Waals surface area contributed by atoms with E-state index >= 15 is 0 Å². The van der Waals surface area contributed by atoms with E-state index in [9.17, 15) is 8.78 Å². The van der Waals surface area contributed by atoms with Crippen molar-refractivity contribution in [3.63, 3.8) is 0 Å². The van der Waals surface area contributed by atoms with Crippen molar-refractivity contribution in [2.45, 2.75) is 25.3 Å². The van der Waals surface area contributed by atoms with Gasteiger partial charge in [-0.2, -0.15) is 0 Å². The fourth-order valence-corrected chi connectivity index (χ4v) is 1.71. The van der Waals surface area contributed by atoms with Gasteiger partial charge in [0.25, 0.3) is 0 Å². The second-order valence-electron chi connectivity index (χ2n) is 3.97. The summed E-state index contributed by atoms with van der Waals surface area (Å²) in [7, 11) is 0. The van der Waals surface area contributed by atoms with Crippen molar-refractivity contribution >= 4 is 0 Å². The lowest BCUT2D eigenvalue weighted by Crippen LogP contribution is -2.10. The summed E-state index contributed by atoms with van der Waals surface area (Å²) >= 11 is 0. The maximum Gasteiger partial charge on any atom is 0.230 e. The highest BCUT2D eigenvalue weighted by atomic mass is 19.1. The molecule has 0 aromatic heterocycles. The largest absolute Gasteiger partial charge is 0.313 e. The third-order valence-electron chi connectivity index (χ3n) is 2.78. The summed E-state index contributed by atoms with van der Waals surface area (Å²) in [6.45, 7) is 7.02. The molecule has 2 rings (SSSR count). The smallest absolute Gasteiger partial charge is 0.230 e. The van der Waals surface area contributed by atoms with E-state index in [-0.39, 0.29) is 6.04 Å². The van der Waals surface area contributed by atoms with E-state index in [0.717, 1.165) is 18.9 Å². The lowest BCUT2D eigenvalue weighted by Gasteiger charge is -2.05. The highest BCUT2D eigenvalue weighted by Crippen LogP contribution is 2.36. The van der Waals surface area contributed by atoms with Crippen LogP contribution in [-0.2, 0) is 6.42 Å². The molecule has 1 unspecified atom stereocenters. The van der Waals surface area contributed by atoms with Gasteiger partial charge in [-0.05, 0) is 24.5 Å². The monoisotopic (exact) mass is 207 g/mol. The first-order valence-electron chi connectivity index (χ1n) is 5.01. The van der Waals surface area contributed by atoms with Gasteiger partial charge in [-0.3, -0.25) is 0 Å². The standard InChI is InChI=1S/C12H11F2N/c1-15-12(8-2-3-8)6-9-4-5-10(13)7-11(9)14/h4-5,7-8,12H,2-3,6H2. The molecule has 0 aliphatic heterocycles. The normalized spacial score (nSPS) is 17.1. The molecule has 78 valence electrons. The Morgan fingerprint density at radius 1 is 1.40 bits per heavy atom. The number of hydrogen-bond acceptors (Lipinski definition) is 0. The molecule has 0 amide bonds. The molecular formula is C12H11F2N. The molecule has 0 saturated heterocycles. The van der Waals surface area contributed by atoms with Crippen LogP contribution in [0.15, 0.2) is 18.2 Å². The zero-order valence-electron chi connectivity index (χ0n) is 8.21. The molecular weight excluding hydrogens is 196 g/mol. The van der Waals surface area contributed by atoms with Crippen molar-refractivity contribution in [1.29, 1.82) is 0 Å². The van der Waals surface area contributed by atoms with Crippen LogP contribution in [-0.4, -0.2) is 6.04 Å². The molecule has 0 spiro atoms. The van der Waals surface area contributed by atoms with Gasteiger partial charge in [-0.25, -0.2) is 15.4 Å². The van der Waals surface area contributed by atoms with Crippen LogP contribution in [0.2, 0.25) is 0 Å². The Labute approximate surface area is 87.5 Å². The van der Waals surface area contributed by atoms with Crippen LogP contribution in [0.3, 0.4) is 0 Å².